The molecule has 0 saturated carbocycles. The first kappa shape index (κ1) is 98.1. The van der Waals surface area contributed by atoms with Crippen LogP contribution in [0.5, 0.6) is 0 Å². The summed E-state index contributed by atoms with van der Waals surface area (Å²) in [5, 5.41) is 0. The van der Waals surface area contributed by atoms with Gasteiger partial charge in [-0.1, -0.05) is 0 Å². The van der Waals surface area contributed by atoms with Gasteiger partial charge in [-0.3, -0.25) is 0 Å². The molecule has 0 aromatic carbocycles. The third-order valence-electron chi connectivity index (χ3n) is 0. The SMILES string of the molecule is O.O.O.O.[Li][F]. The van der Waals surface area contributed by atoms with Crippen LogP contribution in [-0.2, 0) is 0 Å². The van der Waals surface area contributed by atoms with E-state index in [1.165, 1.54) is 0 Å². The quantitative estimate of drug-likeness (QED) is 0.282. The molecule has 0 aliphatic heterocycles. The van der Waals surface area contributed by atoms with E-state index in [1.54, 1.807) is 0 Å². The van der Waals surface area contributed by atoms with Gasteiger partial charge in [0.15, 0.2) is 0 Å². The maximum absolute atomic E-state index is 9.50. The Morgan fingerprint density at radius 2 is 0.667 bits per heavy atom. The molecule has 0 rings (SSSR count). The molecule has 6 heteroatoms. The van der Waals surface area contributed by atoms with Crippen molar-refractivity contribution < 1.29 is 25.3 Å². The molecule has 0 aliphatic carbocycles. The molecule has 0 fully saturated rings. The van der Waals surface area contributed by atoms with Crippen molar-refractivity contribution in [2.45, 2.75) is 0 Å². The van der Waals surface area contributed by atoms with Gasteiger partial charge in [0.2, 0.25) is 0 Å². The average molecular weight is 98.0 g/mol. The Bertz CT molecular complexity index is 7.51. The van der Waals surface area contributed by atoms with Gasteiger partial charge in [-0.05, 0) is 0 Å². The molecule has 0 aromatic heterocycles. The van der Waals surface area contributed by atoms with E-state index in [-0.39, 0.29) is 21.9 Å². The molecule has 40 valence electrons. The molecule has 0 bridgehead atoms. The Balaban J connectivity index is -0.000000000833. The van der Waals surface area contributed by atoms with Crippen LogP contribution >= 0.6 is 0 Å². The van der Waals surface area contributed by atoms with Crippen LogP contribution in [0.15, 0.2) is 0 Å². The van der Waals surface area contributed by atoms with E-state index < -0.39 is 0 Å². The van der Waals surface area contributed by atoms with E-state index in [1.807, 2.05) is 0 Å². The molecular formula is H8FLiO4. The van der Waals surface area contributed by atoms with Gasteiger partial charge in [-0.2, -0.15) is 0 Å². The Morgan fingerprint density at radius 1 is 0.667 bits per heavy atom. The molecule has 0 aliphatic rings. The Kier molecular flexibility index (Phi) is 12400. The second-order valence-corrected chi connectivity index (χ2v) is 0. The molecule has 0 radical (unpaired) electrons. The zero-order valence-corrected chi connectivity index (χ0v) is 3.38. The number of hydrogen-bond acceptors (Lipinski definition) is 0. The second kappa shape index (κ2) is 758. The zero-order valence-electron chi connectivity index (χ0n) is 3.38. The number of hydrogen-bond donors (Lipinski definition) is 0. The van der Waals surface area contributed by atoms with Crippen molar-refractivity contribution in [1.82, 2.24) is 0 Å². The minimum absolute atomic E-state index is 0. The summed E-state index contributed by atoms with van der Waals surface area (Å²) in [6.07, 6.45) is 0. The van der Waals surface area contributed by atoms with Gasteiger partial charge in [0.1, 0.15) is 0 Å². The summed E-state index contributed by atoms with van der Waals surface area (Å²) >= 11 is 0.500. The second-order valence-electron chi connectivity index (χ2n) is 0. The van der Waals surface area contributed by atoms with Gasteiger partial charge in [0, 0.05) is 0 Å². The van der Waals surface area contributed by atoms with Crippen LogP contribution in [0.4, 0.5) is 3.38 Å². The van der Waals surface area contributed by atoms with E-state index in [9.17, 15) is 3.38 Å². The van der Waals surface area contributed by atoms with Crippen molar-refractivity contribution in [3.8, 4) is 0 Å². The first-order valence-corrected chi connectivity index (χ1v) is 0.378. The molecule has 6 heavy (non-hydrogen) atoms. The fourth-order valence-corrected chi connectivity index (χ4v) is 0. The van der Waals surface area contributed by atoms with Crippen LogP contribution in [0.25, 0.3) is 0 Å². The van der Waals surface area contributed by atoms with Crippen LogP contribution in [0.2, 0.25) is 0 Å². The first-order chi connectivity index (χ1) is 1.00. The van der Waals surface area contributed by atoms with Gasteiger partial charge in [0.25, 0.3) is 0 Å². The number of rotatable bonds is 0. The van der Waals surface area contributed by atoms with E-state index in [2.05, 4.69) is 0 Å². The Morgan fingerprint density at radius 3 is 0.667 bits per heavy atom. The summed E-state index contributed by atoms with van der Waals surface area (Å²) in [5.41, 5.74) is 0. The third-order valence-corrected chi connectivity index (χ3v) is 0. The normalized spacial score (nSPS) is 1.17. The molecule has 0 aromatic rings. The van der Waals surface area contributed by atoms with E-state index in [4.69, 9.17) is 0 Å². The third kappa shape index (κ3) is 367. The van der Waals surface area contributed by atoms with Crippen molar-refractivity contribution in [1.29, 1.82) is 0 Å². The van der Waals surface area contributed by atoms with Crippen molar-refractivity contribution >= 4 is 18.2 Å². The first-order valence-electron chi connectivity index (χ1n) is 0.378. The molecule has 0 atom stereocenters. The van der Waals surface area contributed by atoms with Gasteiger partial charge < -0.3 is 21.9 Å². The van der Waals surface area contributed by atoms with Gasteiger partial charge in [0.05, 0.1) is 0 Å². The van der Waals surface area contributed by atoms with Crippen LogP contribution < -0.4 is 0 Å². The molecule has 0 unspecified atom stereocenters. The number of halogens is 1. The monoisotopic (exact) mass is 98.1 g/mol. The predicted molar refractivity (Wildman–Crippen MR) is 21.3 cm³/mol. The summed E-state index contributed by atoms with van der Waals surface area (Å²) in [6, 6.07) is 0. The fraction of sp³-hybridized carbons (Fsp3) is 0. The topological polar surface area (TPSA) is 126 Å². The minimum atomic E-state index is 0. The van der Waals surface area contributed by atoms with Crippen molar-refractivity contribution in [2.75, 3.05) is 0 Å². The Labute approximate surface area is 44.3 Å². The van der Waals surface area contributed by atoms with E-state index in [0.29, 0.717) is 18.2 Å². The molecule has 0 saturated heterocycles. The van der Waals surface area contributed by atoms with Crippen molar-refractivity contribution in [2.24, 2.45) is 0 Å². The van der Waals surface area contributed by atoms with Gasteiger partial charge in [-0.15, -0.1) is 0 Å². The molecule has 0 spiro atoms. The van der Waals surface area contributed by atoms with Crippen LogP contribution in [0, 0.1) is 0 Å². The van der Waals surface area contributed by atoms with Gasteiger partial charge >= 0.3 is 21.6 Å². The van der Waals surface area contributed by atoms with Crippen LogP contribution in [0.1, 0.15) is 0 Å². The van der Waals surface area contributed by atoms with Crippen LogP contribution in [0.3, 0.4) is 0 Å². The standard InChI is InChI=1S/FH.Li.4H2O/h1H;;4*1H2/q;+1;;;;/p-1. The molecule has 4 nitrogen and oxygen atoms in total. The summed E-state index contributed by atoms with van der Waals surface area (Å²) in [4.78, 5) is 0. The Hall–Kier alpha value is 0.367. The van der Waals surface area contributed by atoms with E-state index in [0.717, 1.165) is 0 Å². The summed E-state index contributed by atoms with van der Waals surface area (Å²) in [5.74, 6) is 0. The summed E-state index contributed by atoms with van der Waals surface area (Å²) in [7, 11) is 0. The molecule has 8 N–H and O–H groups in total. The van der Waals surface area contributed by atoms with Crippen LogP contribution in [-0.4, -0.2) is 40.1 Å². The summed E-state index contributed by atoms with van der Waals surface area (Å²) < 4.78 is 9.50. The van der Waals surface area contributed by atoms with E-state index >= 15 is 0 Å². The van der Waals surface area contributed by atoms with Crippen molar-refractivity contribution in [3.05, 3.63) is 0 Å². The average Bonchev–Trinajstić information content (AvgIpc) is 1.00. The molecule has 0 amide bonds. The van der Waals surface area contributed by atoms with Crippen molar-refractivity contribution in [3.63, 3.8) is 0 Å². The van der Waals surface area contributed by atoms with Gasteiger partial charge in [-0.25, -0.2) is 0 Å². The predicted octanol–water partition coefficient (Wildman–Crippen LogP) is -3.26. The fourth-order valence-electron chi connectivity index (χ4n) is 0. The maximum atomic E-state index is 9.50. The molecule has 0 heterocycles. The zero-order chi connectivity index (χ0) is 2.00. The molecular weight excluding hydrogens is 89.9 g/mol. The summed E-state index contributed by atoms with van der Waals surface area (Å²) in [6.45, 7) is 0.